The van der Waals surface area contributed by atoms with Gasteiger partial charge in [0, 0.05) is 12.4 Å². The molecule has 0 fully saturated rings. The van der Waals surface area contributed by atoms with Gasteiger partial charge in [0.05, 0.1) is 0 Å². The van der Waals surface area contributed by atoms with Crippen LogP contribution in [0.25, 0.3) is 0 Å². The highest BCUT2D eigenvalue weighted by atomic mass is 32.2. The number of carboxylic acids is 1. The van der Waals surface area contributed by atoms with E-state index in [9.17, 15) is 13.2 Å². The molecule has 0 saturated heterocycles. The number of aromatic carboxylic acids is 1. The maximum atomic E-state index is 11.9. The molecule has 2 heterocycles. The normalized spacial score (nSPS) is 11.3. The smallest absolute Gasteiger partial charge is 0.371 e. The summed E-state index contributed by atoms with van der Waals surface area (Å²) >= 11 is 0. The van der Waals surface area contributed by atoms with E-state index in [0.29, 0.717) is 0 Å². The van der Waals surface area contributed by atoms with Crippen LogP contribution in [0.2, 0.25) is 0 Å². The first-order chi connectivity index (χ1) is 8.49. The van der Waals surface area contributed by atoms with E-state index in [0.717, 1.165) is 12.1 Å². The van der Waals surface area contributed by atoms with Crippen LogP contribution in [0, 0.1) is 0 Å². The Morgan fingerprint density at radius 3 is 2.50 bits per heavy atom. The average Bonchev–Trinajstić information content (AvgIpc) is 2.79. The Morgan fingerprint density at radius 1 is 1.28 bits per heavy atom. The zero-order valence-electron chi connectivity index (χ0n) is 8.98. The highest BCUT2D eigenvalue weighted by Crippen LogP contribution is 2.17. The lowest BCUT2D eigenvalue weighted by atomic mass is 10.5. The fourth-order valence-corrected chi connectivity index (χ4v) is 2.37. The summed E-state index contributed by atoms with van der Waals surface area (Å²) in [5, 5.41) is 8.23. The Bertz CT molecular complexity index is 663. The predicted octanol–water partition coefficient (Wildman–Crippen LogP) is 0.742. The molecule has 2 rings (SSSR count). The van der Waals surface area contributed by atoms with E-state index in [1.165, 1.54) is 12.4 Å². The summed E-state index contributed by atoms with van der Waals surface area (Å²) in [6, 6.07) is 3.74. The minimum Gasteiger partial charge on any atom is -0.475 e. The Hall–Kier alpha value is -2.22. The van der Waals surface area contributed by atoms with Crippen LogP contribution >= 0.6 is 0 Å². The van der Waals surface area contributed by atoms with Gasteiger partial charge in [0.25, 0.3) is 0 Å². The predicted molar refractivity (Wildman–Crippen MR) is 58.6 cm³/mol. The zero-order chi connectivity index (χ0) is 13.2. The standard InChI is InChI=1S/C10H8N2O5S/c13-10(14)7-2-3-9(17-7)18(15,16)6-8-11-4-1-5-12-8/h1-5H,6H2,(H,13,14). The largest absolute Gasteiger partial charge is 0.475 e. The van der Waals surface area contributed by atoms with E-state index in [1.807, 2.05) is 0 Å². The molecule has 0 radical (unpaired) electrons. The summed E-state index contributed by atoms with van der Waals surface area (Å²) in [6.45, 7) is 0. The van der Waals surface area contributed by atoms with Crippen molar-refractivity contribution in [3.05, 3.63) is 42.2 Å². The highest BCUT2D eigenvalue weighted by Gasteiger charge is 2.22. The van der Waals surface area contributed by atoms with Crippen molar-refractivity contribution in [2.24, 2.45) is 0 Å². The number of hydrogen-bond acceptors (Lipinski definition) is 6. The second-order valence-electron chi connectivity index (χ2n) is 3.35. The van der Waals surface area contributed by atoms with Gasteiger partial charge in [-0.1, -0.05) is 0 Å². The van der Waals surface area contributed by atoms with Crippen molar-refractivity contribution in [2.45, 2.75) is 10.8 Å². The molecule has 18 heavy (non-hydrogen) atoms. The summed E-state index contributed by atoms with van der Waals surface area (Å²) in [7, 11) is -3.78. The van der Waals surface area contributed by atoms with Gasteiger partial charge < -0.3 is 9.52 Å². The average molecular weight is 268 g/mol. The molecule has 94 valence electrons. The van der Waals surface area contributed by atoms with Gasteiger partial charge in [-0.3, -0.25) is 0 Å². The van der Waals surface area contributed by atoms with E-state index in [2.05, 4.69) is 9.97 Å². The van der Waals surface area contributed by atoms with Crippen molar-refractivity contribution in [1.29, 1.82) is 0 Å². The first-order valence-corrected chi connectivity index (χ1v) is 6.46. The molecule has 0 unspecified atom stereocenters. The zero-order valence-corrected chi connectivity index (χ0v) is 9.79. The van der Waals surface area contributed by atoms with E-state index in [4.69, 9.17) is 9.52 Å². The minimum atomic E-state index is -3.78. The second-order valence-corrected chi connectivity index (χ2v) is 5.27. The van der Waals surface area contributed by atoms with Crippen molar-refractivity contribution >= 4 is 15.8 Å². The molecule has 0 saturated carbocycles. The number of hydrogen-bond donors (Lipinski definition) is 1. The van der Waals surface area contributed by atoms with Crippen molar-refractivity contribution in [1.82, 2.24) is 9.97 Å². The minimum absolute atomic E-state index is 0.116. The Balaban J connectivity index is 2.28. The van der Waals surface area contributed by atoms with Gasteiger partial charge in [-0.25, -0.2) is 23.2 Å². The van der Waals surface area contributed by atoms with Crippen LogP contribution in [0.3, 0.4) is 0 Å². The summed E-state index contributed by atoms with van der Waals surface area (Å²) in [5.74, 6) is -2.08. The Morgan fingerprint density at radius 2 is 1.94 bits per heavy atom. The molecule has 0 aliphatic heterocycles. The molecule has 7 nitrogen and oxygen atoms in total. The van der Waals surface area contributed by atoms with Crippen molar-refractivity contribution in [3.8, 4) is 0 Å². The van der Waals surface area contributed by atoms with Crippen LogP contribution in [0.4, 0.5) is 0 Å². The first-order valence-electron chi connectivity index (χ1n) is 4.81. The number of furan rings is 1. The molecule has 0 bridgehead atoms. The van der Waals surface area contributed by atoms with Crippen LogP contribution in [-0.2, 0) is 15.6 Å². The van der Waals surface area contributed by atoms with E-state index >= 15 is 0 Å². The molecule has 0 atom stereocenters. The number of aromatic nitrogens is 2. The summed E-state index contributed by atoms with van der Waals surface area (Å²) in [4.78, 5) is 18.2. The van der Waals surface area contributed by atoms with Crippen LogP contribution in [0.15, 0.2) is 40.1 Å². The summed E-state index contributed by atoms with van der Waals surface area (Å²) in [6.07, 6.45) is 2.84. The van der Waals surface area contributed by atoms with E-state index < -0.39 is 32.4 Å². The third-order valence-corrected chi connectivity index (χ3v) is 3.51. The molecule has 0 aliphatic rings. The monoisotopic (exact) mass is 268 g/mol. The molecular weight excluding hydrogens is 260 g/mol. The van der Waals surface area contributed by atoms with Crippen molar-refractivity contribution in [2.75, 3.05) is 0 Å². The summed E-state index contributed by atoms with van der Waals surface area (Å²) in [5.41, 5.74) is 0. The maximum absolute atomic E-state index is 11.9. The SMILES string of the molecule is O=C(O)c1ccc(S(=O)(=O)Cc2ncccn2)o1. The third kappa shape index (κ3) is 2.54. The van der Waals surface area contributed by atoms with Gasteiger partial charge in [-0.15, -0.1) is 0 Å². The van der Waals surface area contributed by atoms with Crippen molar-refractivity contribution < 1.29 is 22.7 Å². The van der Waals surface area contributed by atoms with Gasteiger partial charge >= 0.3 is 5.97 Å². The molecule has 0 spiro atoms. The molecule has 0 amide bonds. The van der Waals surface area contributed by atoms with Crippen LogP contribution < -0.4 is 0 Å². The third-order valence-electron chi connectivity index (χ3n) is 2.04. The number of sulfone groups is 1. The van der Waals surface area contributed by atoms with E-state index in [-0.39, 0.29) is 5.82 Å². The quantitative estimate of drug-likeness (QED) is 0.870. The van der Waals surface area contributed by atoms with Crippen LogP contribution in [-0.4, -0.2) is 29.5 Å². The first kappa shape index (κ1) is 12.2. The van der Waals surface area contributed by atoms with Gasteiger partial charge in [0.15, 0.2) is 0 Å². The van der Waals surface area contributed by atoms with Gasteiger partial charge in [-0.05, 0) is 18.2 Å². The van der Waals surface area contributed by atoms with Crippen LogP contribution in [0.5, 0.6) is 0 Å². The fraction of sp³-hybridized carbons (Fsp3) is 0.100. The van der Waals surface area contributed by atoms with Crippen molar-refractivity contribution in [3.63, 3.8) is 0 Å². The lowest BCUT2D eigenvalue weighted by molar-refractivity contribution is 0.0656. The molecule has 2 aromatic rings. The van der Waals surface area contributed by atoms with Gasteiger partial charge in [0.2, 0.25) is 20.7 Å². The van der Waals surface area contributed by atoms with Gasteiger partial charge in [-0.2, -0.15) is 0 Å². The molecule has 1 N–H and O–H groups in total. The Labute approximate surface area is 102 Å². The molecular formula is C10H8N2O5S. The Kier molecular flexibility index (Phi) is 3.11. The van der Waals surface area contributed by atoms with Crippen LogP contribution in [0.1, 0.15) is 16.4 Å². The number of carboxylic acid groups (broad SMARTS) is 1. The number of nitrogens with zero attached hydrogens (tertiary/aromatic N) is 2. The lowest BCUT2D eigenvalue weighted by Crippen LogP contribution is -2.07. The highest BCUT2D eigenvalue weighted by molar-refractivity contribution is 7.90. The lowest BCUT2D eigenvalue weighted by Gasteiger charge is -1.99. The van der Waals surface area contributed by atoms with Gasteiger partial charge in [0.1, 0.15) is 11.6 Å². The second kappa shape index (κ2) is 4.57. The fourth-order valence-electron chi connectivity index (χ4n) is 1.25. The summed E-state index contributed by atoms with van der Waals surface area (Å²) < 4.78 is 28.5. The topological polar surface area (TPSA) is 110 Å². The molecule has 8 heteroatoms. The number of carbonyl (C=O) groups is 1. The van der Waals surface area contributed by atoms with E-state index in [1.54, 1.807) is 6.07 Å². The number of rotatable bonds is 4. The maximum Gasteiger partial charge on any atom is 0.371 e. The molecule has 0 aromatic carbocycles. The molecule has 2 aromatic heterocycles. The molecule has 0 aliphatic carbocycles.